The van der Waals surface area contributed by atoms with Crippen molar-refractivity contribution < 1.29 is 0 Å². The molecule has 0 bridgehead atoms. The summed E-state index contributed by atoms with van der Waals surface area (Å²) in [7, 11) is 0. The first kappa shape index (κ1) is 16.1. The molecule has 2 atom stereocenters. The Morgan fingerprint density at radius 2 is 1.48 bits per heavy atom. The Kier molecular flexibility index (Phi) is 5.11. The molecule has 112 valence electrons. The topological polar surface area (TPSA) is 0 Å². The highest BCUT2D eigenvalue weighted by Gasteiger charge is 2.18. The number of hydrogen-bond donors (Lipinski definition) is 0. The van der Waals surface area contributed by atoms with Gasteiger partial charge in [0.05, 0.1) is 5.38 Å². The summed E-state index contributed by atoms with van der Waals surface area (Å²) in [5, 5.41) is 0.0634. The molecule has 2 rings (SSSR count). The number of hydrogen-bond acceptors (Lipinski definition) is 0. The van der Waals surface area contributed by atoms with Gasteiger partial charge in [0, 0.05) is 0 Å². The van der Waals surface area contributed by atoms with Crippen molar-refractivity contribution in [3.05, 3.63) is 71.3 Å². The summed E-state index contributed by atoms with van der Waals surface area (Å²) in [5.41, 5.74) is 4.16. The molecular formula is C20H25Cl. The molecule has 0 spiro atoms. The highest BCUT2D eigenvalue weighted by Crippen LogP contribution is 2.31. The minimum atomic E-state index is 0.0634. The van der Waals surface area contributed by atoms with Crippen LogP contribution in [0.4, 0.5) is 0 Å². The Hall–Kier alpha value is -1.27. The average molecular weight is 301 g/mol. The van der Waals surface area contributed by atoms with Gasteiger partial charge < -0.3 is 0 Å². The van der Waals surface area contributed by atoms with E-state index in [1.807, 2.05) is 6.07 Å². The molecule has 0 aliphatic carbocycles. The van der Waals surface area contributed by atoms with E-state index in [0.29, 0.717) is 5.92 Å². The summed E-state index contributed by atoms with van der Waals surface area (Å²) in [5.74, 6) is 0.412. The van der Waals surface area contributed by atoms with Crippen molar-refractivity contribution in [3.8, 4) is 0 Å². The third-order valence-electron chi connectivity index (χ3n) is 4.00. The lowest BCUT2D eigenvalue weighted by Crippen LogP contribution is -2.11. The van der Waals surface area contributed by atoms with Crippen LogP contribution in [0.5, 0.6) is 0 Å². The van der Waals surface area contributed by atoms with Crippen LogP contribution in [0.15, 0.2) is 54.6 Å². The molecule has 2 unspecified atom stereocenters. The highest BCUT2D eigenvalue weighted by molar-refractivity contribution is 6.21. The number of rotatable bonds is 4. The molecule has 1 heteroatoms. The number of benzene rings is 2. The van der Waals surface area contributed by atoms with E-state index in [-0.39, 0.29) is 10.8 Å². The van der Waals surface area contributed by atoms with E-state index in [1.165, 1.54) is 16.7 Å². The fraction of sp³-hybridized carbons (Fsp3) is 0.400. The Balaban J connectivity index is 2.04. The lowest BCUT2D eigenvalue weighted by Gasteiger charge is -2.21. The van der Waals surface area contributed by atoms with Gasteiger partial charge in [0.2, 0.25) is 0 Å². The molecule has 0 aliphatic rings. The van der Waals surface area contributed by atoms with Gasteiger partial charge in [-0.2, -0.15) is 0 Å². The average Bonchev–Trinajstić information content (AvgIpc) is 2.47. The monoisotopic (exact) mass is 300 g/mol. The van der Waals surface area contributed by atoms with Crippen LogP contribution in [0.25, 0.3) is 0 Å². The normalized spacial score (nSPS) is 14.7. The lowest BCUT2D eigenvalue weighted by molar-refractivity contribution is 0.557. The molecule has 0 heterocycles. The lowest BCUT2D eigenvalue weighted by atomic mass is 9.85. The molecule has 0 nitrogen and oxygen atoms in total. The van der Waals surface area contributed by atoms with Gasteiger partial charge in [0.15, 0.2) is 0 Å². The van der Waals surface area contributed by atoms with Crippen LogP contribution in [-0.4, -0.2) is 0 Å². The molecule has 0 fully saturated rings. The maximum Gasteiger partial charge on any atom is 0.0613 e. The quantitative estimate of drug-likeness (QED) is 0.595. The van der Waals surface area contributed by atoms with Gasteiger partial charge in [-0.05, 0) is 34.4 Å². The Morgan fingerprint density at radius 3 is 2.00 bits per heavy atom. The molecular weight excluding hydrogens is 276 g/mol. The number of halogens is 1. The Labute approximate surface area is 134 Å². The minimum Gasteiger partial charge on any atom is -0.118 e. The zero-order valence-electron chi connectivity index (χ0n) is 13.4. The van der Waals surface area contributed by atoms with Crippen molar-refractivity contribution in [2.24, 2.45) is 5.92 Å². The van der Waals surface area contributed by atoms with Crippen LogP contribution in [0.2, 0.25) is 0 Å². The van der Waals surface area contributed by atoms with Gasteiger partial charge in [-0.3, -0.25) is 0 Å². The van der Waals surface area contributed by atoms with Gasteiger partial charge in [-0.15, -0.1) is 11.6 Å². The summed E-state index contributed by atoms with van der Waals surface area (Å²) in [6.45, 7) is 8.96. The van der Waals surface area contributed by atoms with Crippen LogP contribution in [0, 0.1) is 5.92 Å². The molecule has 0 aromatic heterocycles. The second-order valence-electron chi connectivity index (χ2n) is 6.94. The van der Waals surface area contributed by atoms with Gasteiger partial charge in [-0.1, -0.05) is 82.3 Å². The second kappa shape index (κ2) is 6.66. The first-order valence-electron chi connectivity index (χ1n) is 7.66. The van der Waals surface area contributed by atoms with Crippen LogP contribution >= 0.6 is 11.6 Å². The first-order chi connectivity index (χ1) is 9.88. The SMILES string of the molecule is CC(Cc1ccc(C(C)(C)C)cc1)C(Cl)c1ccccc1. The molecule has 2 aromatic rings. The third kappa shape index (κ3) is 4.35. The van der Waals surface area contributed by atoms with E-state index in [1.54, 1.807) is 0 Å². The van der Waals surface area contributed by atoms with Crippen LogP contribution in [0.3, 0.4) is 0 Å². The molecule has 0 saturated heterocycles. The molecule has 0 saturated carbocycles. The highest BCUT2D eigenvalue weighted by atomic mass is 35.5. The standard InChI is InChI=1S/C20H25Cl/c1-15(19(21)17-8-6-5-7-9-17)14-16-10-12-18(13-11-16)20(2,3)4/h5-13,15,19H,14H2,1-4H3. The predicted molar refractivity (Wildman–Crippen MR) is 93.0 cm³/mol. The van der Waals surface area contributed by atoms with Crippen LogP contribution < -0.4 is 0 Å². The summed E-state index contributed by atoms with van der Waals surface area (Å²) >= 11 is 6.61. The summed E-state index contributed by atoms with van der Waals surface area (Å²) in [4.78, 5) is 0. The van der Waals surface area contributed by atoms with E-state index in [4.69, 9.17) is 11.6 Å². The van der Waals surface area contributed by atoms with Gasteiger partial charge in [-0.25, -0.2) is 0 Å². The van der Waals surface area contributed by atoms with Crippen molar-refractivity contribution in [2.45, 2.75) is 44.9 Å². The predicted octanol–water partition coefficient (Wildman–Crippen LogP) is 6.14. The van der Waals surface area contributed by atoms with E-state index < -0.39 is 0 Å². The largest absolute Gasteiger partial charge is 0.118 e. The molecule has 21 heavy (non-hydrogen) atoms. The molecule has 0 amide bonds. The van der Waals surface area contributed by atoms with Gasteiger partial charge >= 0.3 is 0 Å². The summed E-state index contributed by atoms with van der Waals surface area (Å²) < 4.78 is 0. The minimum absolute atomic E-state index is 0.0634. The molecule has 0 N–H and O–H groups in total. The van der Waals surface area contributed by atoms with Crippen molar-refractivity contribution in [2.75, 3.05) is 0 Å². The van der Waals surface area contributed by atoms with E-state index in [2.05, 4.69) is 76.2 Å². The summed E-state index contributed by atoms with van der Waals surface area (Å²) in [6, 6.07) is 19.3. The van der Waals surface area contributed by atoms with Gasteiger partial charge in [0.25, 0.3) is 0 Å². The zero-order valence-corrected chi connectivity index (χ0v) is 14.2. The van der Waals surface area contributed by atoms with Crippen molar-refractivity contribution in [1.29, 1.82) is 0 Å². The third-order valence-corrected chi connectivity index (χ3v) is 4.68. The van der Waals surface area contributed by atoms with E-state index in [9.17, 15) is 0 Å². The van der Waals surface area contributed by atoms with Crippen molar-refractivity contribution in [1.82, 2.24) is 0 Å². The smallest absolute Gasteiger partial charge is 0.0613 e. The summed E-state index contributed by atoms with van der Waals surface area (Å²) in [6.07, 6.45) is 1.01. The van der Waals surface area contributed by atoms with Gasteiger partial charge in [0.1, 0.15) is 0 Å². The van der Waals surface area contributed by atoms with Crippen molar-refractivity contribution in [3.63, 3.8) is 0 Å². The fourth-order valence-electron chi connectivity index (χ4n) is 2.58. The molecule has 0 radical (unpaired) electrons. The van der Waals surface area contributed by atoms with E-state index >= 15 is 0 Å². The number of alkyl halides is 1. The second-order valence-corrected chi connectivity index (χ2v) is 7.41. The zero-order chi connectivity index (χ0) is 15.5. The maximum atomic E-state index is 6.61. The Morgan fingerprint density at radius 1 is 0.905 bits per heavy atom. The first-order valence-corrected chi connectivity index (χ1v) is 8.10. The van der Waals surface area contributed by atoms with Crippen LogP contribution in [-0.2, 0) is 11.8 Å². The van der Waals surface area contributed by atoms with E-state index in [0.717, 1.165) is 6.42 Å². The van der Waals surface area contributed by atoms with Crippen LogP contribution in [0.1, 0.15) is 49.8 Å². The van der Waals surface area contributed by atoms with Crippen molar-refractivity contribution >= 4 is 11.6 Å². The molecule has 0 aliphatic heterocycles. The maximum absolute atomic E-state index is 6.61. The molecule has 2 aromatic carbocycles. The fourth-order valence-corrected chi connectivity index (χ4v) is 2.82. The Bertz CT molecular complexity index is 549.